The number of nitrogens with zero attached hydrogens (tertiary/aromatic N) is 1. The number of ether oxygens (including phenoxy) is 1. The first kappa shape index (κ1) is 15.0. The normalized spacial score (nSPS) is 10.0. The number of benzene rings is 1. The van der Waals surface area contributed by atoms with Gasteiger partial charge < -0.3 is 4.74 Å². The Bertz CT molecular complexity index is 721. The molecular weight excluding hydrogens is 293 g/mol. The van der Waals surface area contributed by atoms with Crippen molar-refractivity contribution in [1.29, 1.82) is 5.26 Å². The van der Waals surface area contributed by atoms with E-state index in [2.05, 4.69) is 5.43 Å². The molecule has 0 fully saturated rings. The molecule has 0 saturated heterocycles. The zero-order valence-corrected chi connectivity index (χ0v) is 12.0. The molecule has 1 amide bonds. The van der Waals surface area contributed by atoms with Crippen LogP contribution < -0.4 is 16.0 Å². The van der Waals surface area contributed by atoms with Gasteiger partial charge in [-0.3, -0.25) is 10.2 Å². The van der Waals surface area contributed by atoms with E-state index >= 15 is 0 Å². The first-order chi connectivity index (χ1) is 10.1. The topological polar surface area (TPSA) is 88.1 Å². The maximum atomic E-state index is 13.4. The van der Waals surface area contributed by atoms with E-state index in [1.807, 2.05) is 6.92 Å². The number of rotatable bonds is 4. The summed E-state index contributed by atoms with van der Waals surface area (Å²) in [6.45, 7) is 1.98. The van der Waals surface area contributed by atoms with Crippen LogP contribution in [0.1, 0.15) is 25.7 Å². The van der Waals surface area contributed by atoms with Crippen LogP contribution in [0.5, 0.6) is 5.75 Å². The van der Waals surface area contributed by atoms with E-state index in [9.17, 15) is 9.18 Å². The van der Waals surface area contributed by atoms with Gasteiger partial charge >= 0.3 is 0 Å². The van der Waals surface area contributed by atoms with Gasteiger partial charge in [0.05, 0.1) is 4.88 Å². The molecule has 0 aliphatic carbocycles. The lowest BCUT2D eigenvalue weighted by molar-refractivity contribution is 0.0957. The Labute approximate surface area is 124 Å². The lowest BCUT2D eigenvalue weighted by Crippen LogP contribution is -2.29. The van der Waals surface area contributed by atoms with Gasteiger partial charge in [-0.1, -0.05) is 6.07 Å². The van der Waals surface area contributed by atoms with Crippen molar-refractivity contribution in [2.24, 2.45) is 5.84 Å². The third kappa shape index (κ3) is 3.18. The number of carbonyl (C=O) groups is 1. The molecule has 0 unspecified atom stereocenters. The Morgan fingerprint density at radius 2 is 2.33 bits per heavy atom. The first-order valence-corrected chi connectivity index (χ1v) is 6.80. The van der Waals surface area contributed by atoms with Crippen molar-refractivity contribution in [2.45, 2.75) is 13.5 Å². The van der Waals surface area contributed by atoms with E-state index in [0.29, 0.717) is 4.88 Å². The number of thiophene rings is 1. The zero-order valence-electron chi connectivity index (χ0n) is 11.1. The van der Waals surface area contributed by atoms with Crippen molar-refractivity contribution in [3.63, 3.8) is 0 Å². The number of carbonyl (C=O) groups excluding carboxylic acids is 1. The molecule has 1 heterocycles. The summed E-state index contributed by atoms with van der Waals surface area (Å²) >= 11 is 1.28. The average Bonchev–Trinajstić information content (AvgIpc) is 2.85. The van der Waals surface area contributed by atoms with Crippen molar-refractivity contribution < 1.29 is 13.9 Å². The molecule has 7 heteroatoms. The molecule has 21 heavy (non-hydrogen) atoms. The Kier molecular flexibility index (Phi) is 4.52. The molecule has 2 rings (SSSR count). The number of aryl methyl sites for hydroxylation is 1. The highest BCUT2D eigenvalue weighted by molar-refractivity contribution is 7.14. The summed E-state index contributed by atoms with van der Waals surface area (Å²) in [6, 6.07) is 7.63. The number of nitrogens with one attached hydrogen (secondary N) is 1. The van der Waals surface area contributed by atoms with E-state index in [4.69, 9.17) is 15.8 Å². The summed E-state index contributed by atoms with van der Waals surface area (Å²) in [7, 11) is 0. The minimum absolute atomic E-state index is 0.134. The standard InChI is InChI=1S/C14H12FN3O2S/c1-8-9(5-13(21-8)14(19)18-17)7-20-12-4-2-3-11(15)10(12)6-16/h2-5H,7,17H2,1H3,(H,18,19). The molecule has 3 N–H and O–H groups in total. The Hall–Kier alpha value is -2.43. The fraction of sp³-hybridized carbons (Fsp3) is 0.143. The van der Waals surface area contributed by atoms with Crippen molar-refractivity contribution in [3.8, 4) is 11.8 Å². The zero-order chi connectivity index (χ0) is 15.4. The molecule has 108 valence electrons. The van der Waals surface area contributed by atoms with Crippen LogP contribution in [-0.4, -0.2) is 5.91 Å². The largest absolute Gasteiger partial charge is 0.487 e. The predicted molar refractivity (Wildman–Crippen MR) is 76.2 cm³/mol. The van der Waals surface area contributed by atoms with E-state index in [0.717, 1.165) is 10.4 Å². The number of nitriles is 1. The Morgan fingerprint density at radius 3 is 3.00 bits per heavy atom. The summed E-state index contributed by atoms with van der Waals surface area (Å²) in [5.74, 6) is 4.25. The van der Waals surface area contributed by atoms with Gasteiger partial charge in [-0.05, 0) is 25.1 Å². The summed E-state index contributed by atoms with van der Waals surface area (Å²) < 4.78 is 18.9. The third-order valence-electron chi connectivity index (χ3n) is 2.85. The Morgan fingerprint density at radius 1 is 1.57 bits per heavy atom. The van der Waals surface area contributed by atoms with Crippen molar-refractivity contribution in [2.75, 3.05) is 0 Å². The summed E-state index contributed by atoms with van der Waals surface area (Å²) in [5, 5.41) is 8.93. The predicted octanol–water partition coefficient (Wildman–Crippen LogP) is 2.25. The number of hydrazine groups is 1. The fourth-order valence-corrected chi connectivity index (χ4v) is 2.67. The highest BCUT2D eigenvalue weighted by Gasteiger charge is 2.13. The molecule has 0 bridgehead atoms. The highest BCUT2D eigenvalue weighted by atomic mass is 32.1. The van der Waals surface area contributed by atoms with Crippen LogP contribution in [0.3, 0.4) is 0 Å². The number of hydrogen-bond acceptors (Lipinski definition) is 5. The van der Waals surface area contributed by atoms with Gasteiger partial charge in [0.1, 0.15) is 29.8 Å². The quantitative estimate of drug-likeness (QED) is 0.515. The molecule has 0 aliphatic rings. The van der Waals surface area contributed by atoms with Crippen LogP contribution in [0, 0.1) is 24.1 Å². The maximum absolute atomic E-state index is 13.4. The molecule has 1 aromatic carbocycles. The van der Waals surface area contributed by atoms with E-state index in [-0.39, 0.29) is 23.8 Å². The lowest BCUT2D eigenvalue weighted by atomic mass is 10.2. The third-order valence-corrected chi connectivity index (χ3v) is 3.94. The van der Waals surface area contributed by atoms with E-state index in [1.54, 1.807) is 12.1 Å². The number of amides is 1. The van der Waals surface area contributed by atoms with Gasteiger partial charge in [-0.15, -0.1) is 11.3 Å². The van der Waals surface area contributed by atoms with Crippen molar-refractivity contribution >= 4 is 17.2 Å². The first-order valence-electron chi connectivity index (χ1n) is 5.98. The van der Waals surface area contributed by atoms with E-state index in [1.165, 1.54) is 29.5 Å². The second-order valence-corrected chi connectivity index (χ2v) is 5.44. The second-order valence-electron chi connectivity index (χ2n) is 4.18. The van der Waals surface area contributed by atoms with Gasteiger partial charge in [-0.2, -0.15) is 5.26 Å². The van der Waals surface area contributed by atoms with Gasteiger partial charge in [0.25, 0.3) is 5.91 Å². The fourth-order valence-electron chi connectivity index (χ4n) is 1.73. The SMILES string of the molecule is Cc1sc(C(=O)NN)cc1COc1cccc(F)c1C#N. The lowest BCUT2D eigenvalue weighted by Gasteiger charge is -2.07. The second kappa shape index (κ2) is 6.35. The van der Waals surface area contributed by atoms with Crippen LogP contribution >= 0.6 is 11.3 Å². The number of hydrogen-bond donors (Lipinski definition) is 2. The molecule has 0 atom stereocenters. The molecule has 0 saturated carbocycles. The number of nitrogens with two attached hydrogens (primary N) is 1. The van der Waals surface area contributed by atoms with Crippen LogP contribution in [0.4, 0.5) is 4.39 Å². The van der Waals surface area contributed by atoms with Crippen LogP contribution in [0.15, 0.2) is 24.3 Å². The molecular formula is C14H12FN3O2S. The highest BCUT2D eigenvalue weighted by Crippen LogP contribution is 2.25. The molecule has 0 radical (unpaired) electrons. The van der Waals surface area contributed by atoms with Gasteiger partial charge in [0.15, 0.2) is 0 Å². The Balaban J connectivity index is 2.18. The van der Waals surface area contributed by atoms with Crippen molar-refractivity contribution in [1.82, 2.24) is 5.43 Å². The molecule has 2 aromatic rings. The minimum atomic E-state index is -0.625. The van der Waals surface area contributed by atoms with Crippen LogP contribution in [0.25, 0.3) is 0 Å². The smallest absolute Gasteiger partial charge is 0.275 e. The molecule has 1 aromatic heterocycles. The minimum Gasteiger partial charge on any atom is -0.487 e. The summed E-state index contributed by atoms with van der Waals surface area (Å²) in [4.78, 5) is 12.8. The van der Waals surface area contributed by atoms with Gasteiger partial charge in [0.2, 0.25) is 0 Å². The van der Waals surface area contributed by atoms with Gasteiger partial charge in [-0.25, -0.2) is 10.2 Å². The van der Waals surface area contributed by atoms with Crippen LogP contribution in [0.2, 0.25) is 0 Å². The van der Waals surface area contributed by atoms with Crippen LogP contribution in [-0.2, 0) is 6.61 Å². The van der Waals surface area contributed by atoms with Crippen molar-refractivity contribution in [3.05, 3.63) is 51.0 Å². The summed E-state index contributed by atoms with van der Waals surface area (Å²) in [6.07, 6.45) is 0. The molecule has 0 aliphatic heterocycles. The monoisotopic (exact) mass is 305 g/mol. The maximum Gasteiger partial charge on any atom is 0.275 e. The number of halogens is 1. The average molecular weight is 305 g/mol. The molecule has 5 nitrogen and oxygen atoms in total. The van der Waals surface area contributed by atoms with Gasteiger partial charge in [0, 0.05) is 10.4 Å². The van der Waals surface area contributed by atoms with E-state index < -0.39 is 5.82 Å². The molecule has 0 spiro atoms. The number of nitrogen functional groups attached to an aromatic ring is 1. The summed E-state index contributed by atoms with van der Waals surface area (Å²) in [5.41, 5.74) is 2.71.